The van der Waals surface area contributed by atoms with Crippen molar-refractivity contribution in [3.05, 3.63) is 78.5 Å². The summed E-state index contributed by atoms with van der Waals surface area (Å²) in [4.78, 5) is 30.1. The molecule has 0 radical (unpaired) electrons. The number of carbonyl (C=O) groups excluding carboxylic acids is 2. The zero-order valence-electron chi connectivity index (χ0n) is 24.7. The minimum atomic E-state index is -4.17. The average molecular weight is 756 g/mol. The lowest BCUT2D eigenvalue weighted by Gasteiger charge is -2.49. The zero-order chi connectivity index (χ0) is 31.5. The van der Waals surface area contributed by atoms with Gasteiger partial charge in [-0.05, 0) is 97.5 Å². The molecule has 2 aromatic carbocycles. The number of allylic oxidation sites excluding steroid dienone is 4. The summed E-state index contributed by atoms with van der Waals surface area (Å²) in [5.74, 6) is -0.501. The Bertz CT molecular complexity index is 1600. The lowest BCUT2D eigenvalue weighted by molar-refractivity contribution is -0.119. The van der Waals surface area contributed by atoms with Crippen LogP contribution in [0.3, 0.4) is 0 Å². The summed E-state index contributed by atoms with van der Waals surface area (Å²) >= 11 is 13.0. The number of ether oxygens (including phenoxy) is 1. The lowest BCUT2D eigenvalue weighted by atomic mass is 9.63. The van der Waals surface area contributed by atoms with Crippen LogP contribution in [0.1, 0.15) is 64.9 Å². The second kappa shape index (κ2) is 11.7. The Morgan fingerprint density at radius 2 is 1.37 bits per heavy atom. The fraction of sp³-hybridized carbons (Fsp3) is 0.438. The van der Waals surface area contributed by atoms with E-state index in [1.165, 1.54) is 24.3 Å². The van der Waals surface area contributed by atoms with Crippen LogP contribution in [0.25, 0.3) is 0 Å². The van der Waals surface area contributed by atoms with Gasteiger partial charge in [-0.3, -0.25) is 9.59 Å². The van der Waals surface area contributed by atoms with Gasteiger partial charge in [0.2, 0.25) is 0 Å². The highest BCUT2D eigenvalue weighted by Gasteiger charge is 2.49. The van der Waals surface area contributed by atoms with Gasteiger partial charge in [0.25, 0.3) is 0 Å². The van der Waals surface area contributed by atoms with Gasteiger partial charge in [-0.25, -0.2) is 0 Å². The van der Waals surface area contributed by atoms with Crippen LogP contribution in [0.15, 0.2) is 72.8 Å². The molecule has 3 aliphatic rings. The highest BCUT2D eigenvalue weighted by atomic mass is 79.9. The molecule has 0 unspecified atom stereocenters. The molecule has 2 aromatic rings. The third kappa shape index (κ3) is 6.41. The van der Waals surface area contributed by atoms with Gasteiger partial charge in [-0.15, -0.1) is 0 Å². The minimum Gasteiger partial charge on any atom is -0.383 e. The number of nitrogens with zero attached hydrogens (tertiary/aromatic N) is 1. The number of halogens is 3. The third-order valence-corrected chi connectivity index (χ3v) is 10.9. The number of hydrogen-bond acceptors (Lipinski definition) is 7. The highest BCUT2D eigenvalue weighted by molar-refractivity contribution is 9.11. The van der Waals surface area contributed by atoms with Gasteiger partial charge in [0, 0.05) is 60.0 Å². The molecule has 1 aliphatic heterocycles. The summed E-state index contributed by atoms with van der Waals surface area (Å²) in [7, 11) is -2.53. The van der Waals surface area contributed by atoms with Crippen LogP contribution in [-0.4, -0.2) is 45.1 Å². The molecule has 5 rings (SSSR count). The van der Waals surface area contributed by atoms with E-state index in [-0.39, 0.29) is 33.0 Å². The molecule has 0 spiro atoms. The van der Waals surface area contributed by atoms with E-state index in [2.05, 4.69) is 64.5 Å². The maximum atomic E-state index is 14.0. The molecule has 0 saturated carbocycles. The first-order chi connectivity index (χ1) is 20.0. The molecule has 7 nitrogen and oxygen atoms in total. The lowest BCUT2D eigenvalue weighted by Crippen LogP contribution is -2.45. The van der Waals surface area contributed by atoms with E-state index in [0.29, 0.717) is 69.5 Å². The molecule has 1 heterocycles. The van der Waals surface area contributed by atoms with E-state index < -0.39 is 16.0 Å². The maximum Gasteiger partial charge on any atom is 0.339 e. The molecule has 0 saturated heterocycles. The minimum absolute atomic E-state index is 0.0146. The SMILES string of the molecule is COCCN1C2=C(C(=O)CC(C)(C)C2)C(c2cc(Br)c(OS(=O)(=O)c3ccc(Cl)cc3)c(Br)c2)C2=C1CC(C)(C)CC2=O. The summed E-state index contributed by atoms with van der Waals surface area (Å²) in [5, 5.41) is 0.405. The van der Waals surface area contributed by atoms with Gasteiger partial charge in [0.15, 0.2) is 17.3 Å². The first-order valence-electron chi connectivity index (χ1n) is 14.0. The van der Waals surface area contributed by atoms with Crippen molar-refractivity contribution in [2.24, 2.45) is 10.8 Å². The fourth-order valence-electron chi connectivity index (χ4n) is 6.42. The molecular weight excluding hydrogens is 722 g/mol. The summed E-state index contributed by atoms with van der Waals surface area (Å²) in [5.41, 5.74) is 3.34. The van der Waals surface area contributed by atoms with Crippen LogP contribution < -0.4 is 4.18 Å². The second-order valence-electron chi connectivity index (χ2n) is 13.0. The van der Waals surface area contributed by atoms with Crippen LogP contribution in [0.5, 0.6) is 5.75 Å². The van der Waals surface area contributed by atoms with Gasteiger partial charge in [0.1, 0.15) is 4.90 Å². The predicted molar refractivity (Wildman–Crippen MR) is 173 cm³/mol. The van der Waals surface area contributed by atoms with Crippen LogP contribution in [-0.2, 0) is 24.4 Å². The summed E-state index contributed by atoms with van der Waals surface area (Å²) in [6.07, 6.45) is 2.10. The first-order valence-corrected chi connectivity index (χ1v) is 17.4. The molecule has 0 N–H and O–H groups in total. The Balaban J connectivity index is 1.66. The Hall–Kier alpha value is -1.98. The quantitative estimate of drug-likeness (QED) is 0.265. The number of Topliss-reactive ketones (excluding diaryl/α,β-unsaturated/α-hetero) is 2. The van der Waals surface area contributed by atoms with Crippen molar-refractivity contribution in [3.63, 3.8) is 0 Å². The van der Waals surface area contributed by atoms with Gasteiger partial charge in [-0.1, -0.05) is 39.3 Å². The highest BCUT2D eigenvalue weighted by Crippen LogP contribution is 2.55. The standard InChI is InChI=1S/C32H34Br2ClNO6S/c1-31(2)14-23-28(25(37)16-31)27(29-24(36(23)10-11-41-5)15-32(3,4)17-26(29)38)18-12-21(33)30(22(34)13-18)42-43(39,40)20-8-6-19(35)7-9-20/h6-9,12-13,27H,10-11,14-17H2,1-5H3. The smallest absolute Gasteiger partial charge is 0.339 e. The molecule has 230 valence electrons. The van der Waals surface area contributed by atoms with Crippen molar-refractivity contribution in [2.75, 3.05) is 20.3 Å². The fourth-order valence-corrected chi connectivity index (χ4v) is 9.11. The topological polar surface area (TPSA) is 90.0 Å². The van der Waals surface area contributed by atoms with Crippen molar-refractivity contribution in [2.45, 2.75) is 64.2 Å². The molecule has 2 aliphatic carbocycles. The van der Waals surface area contributed by atoms with Gasteiger partial charge < -0.3 is 13.8 Å². The van der Waals surface area contributed by atoms with Crippen LogP contribution in [0.2, 0.25) is 5.02 Å². The molecule has 0 fully saturated rings. The summed E-state index contributed by atoms with van der Waals surface area (Å²) < 4.78 is 37.9. The number of carbonyl (C=O) groups is 2. The van der Waals surface area contributed by atoms with E-state index in [1.807, 2.05) is 0 Å². The average Bonchev–Trinajstić information content (AvgIpc) is 2.88. The van der Waals surface area contributed by atoms with E-state index in [4.69, 9.17) is 20.5 Å². The third-order valence-electron chi connectivity index (χ3n) is 8.19. The van der Waals surface area contributed by atoms with E-state index in [0.717, 1.165) is 11.4 Å². The van der Waals surface area contributed by atoms with Crippen LogP contribution in [0.4, 0.5) is 0 Å². The Morgan fingerprint density at radius 3 is 1.84 bits per heavy atom. The number of methoxy groups -OCH3 is 1. The molecule has 0 bridgehead atoms. The Kier molecular flexibility index (Phi) is 8.86. The number of benzene rings is 2. The molecule has 0 amide bonds. The van der Waals surface area contributed by atoms with E-state index in [9.17, 15) is 18.0 Å². The van der Waals surface area contributed by atoms with Crippen molar-refractivity contribution in [3.8, 4) is 5.75 Å². The van der Waals surface area contributed by atoms with Crippen molar-refractivity contribution >= 4 is 65.1 Å². The van der Waals surface area contributed by atoms with Gasteiger partial charge >= 0.3 is 10.1 Å². The molecule has 0 aromatic heterocycles. The van der Waals surface area contributed by atoms with Crippen LogP contribution in [0, 0.1) is 10.8 Å². The van der Waals surface area contributed by atoms with Crippen LogP contribution >= 0.6 is 43.5 Å². The molecule has 43 heavy (non-hydrogen) atoms. The molecular formula is C32H34Br2ClNO6S. The Labute approximate surface area is 275 Å². The number of ketones is 2. The van der Waals surface area contributed by atoms with E-state index >= 15 is 0 Å². The number of rotatable bonds is 7. The van der Waals surface area contributed by atoms with Crippen molar-refractivity contribution in [1.82, 2.24) is 4.90 Å². The van der Waals surface area contributed by atoms with E-state index in [1.54, 1.807) is 19.2 Å². The van der Waals surface area contributed by atoms with Gasteiger partial charge in [0.05, 0.1) is 15.6 Å². The van der Waals surface area contributed by atoms with Gasteiger partial charge in [-0.2, -0.15) is 8.42 Å². The second-order valence-corrected chi connectivity index (χ2v) is 16.7. The largest absolute Gasteiger partial charge is 0.383 e. The normalized spacial score (nSPS) is 20.3. The molecule has 11 heteroatoms. The van der Waals surface area contributed by atoms with Crippen molar-refractivity contribution < 1.29 is 26.9 Å². The summed E-state index contributed by atoms with van der Waals surface area (Å²) in [6.45, 7) is 9.37. The molecule has 0 atom stereocenters. The van der Waals surface area contributed by atoms with Crippen molar-refractivity contribution in [1.29, 1.82) is 0 Å². The monoisotopic (exact) mass is 753 g/mol. The predicted octanol–water partition coefficient (Wildman–Crippen LogP) is 7.96. The first kappa shape index (κ1) is 32.4. The zero-order valence-corrected chi connectivity index (χ0v) is 29.5. The Morgan fingerprint density at radius 1 is 0.884 bits per heavy atom. The maximum absolute atomic E-state index is 14.0. The number of hydrogen-bond donors (Lipinski definition) is 0. The summed E-state index contributed by atoms with van der Waals surface area (Å²) in [6, 6.07) is 9.21.